The summed E-state index contributed by atoms with van der Waals surface area (Å²) in [6, 6.07) is 0. The largest absolute Gasteiger partial charge is 0.466 e. The van der Waals surface area contributed by atoms with Crippen molar-refractivity contribution < 1.29 is 19.1 Å². The van der Waals surface area contributed by atoms with Crippen molar-refractivity contribution >= 4 is 11.9 Å². The number of ether oxygens (including phenoxy) is 2. The van der Waals surface area contributed by atoms with Crippen molar-refractivity contribution in [1.29, 1.82) is 0 Å². The third-order valence-electron chi connectivity index (χ3n) is 4.84. The van der Waals surface area contributed by atoms with Gasteiger partial charge >= 0.3 is 11.9 Å². The normalized spacial score (nSPS) is 27.1. The molecular weight excluding hydrogens is 268 g/mol. The molecule has 2 aliphatic rings. The molecule has 0 amide bonds. The first-order valence-corrected chi connectivity index (χ1v) is 8.55. The van der Waals surface area contributed by atoms with Crippen LogP contribution in [0.3, 0.4) is 0 Å². The smallest absolute Gasteiger partial charge is 0.309 e. The summed E-state index contributed by atoms with van der Waals surface area (Å²) in [7, 11) is 0. The van der Waals surface area contributed by atoms with Gasteiger partial charge in [-0.05, 0) is 38.5 Å². The predicted octanol–water partition coefficient (Wildman–Crippen LogP) is 3.48. The van der Waals surface area contributed by atoms with Crippen LogP contribution in [0, 0.1) is 17.8 Å². The van der Waals surface area contributed by atoms with Crippen LogP contribution in [-0.4, -0.2) is 25.2 Å². The van der Waals surface area contributed by atoms with Crippen LogP contribution < -0.4 is 0 Å². The van der Waals surface area contributed by atoms with Crippen molar-refractivity contribution in [2.45, 2.75) is 64.7 Å². The molecule has 2 aliphatic carbocycles. The minimum Gasteiger partial charge on any atom is -0.466 e. The number of rotatable bonds is 5. The lowest BCUT2D eigenvalue weighted by Gasteiger charge is -2.29. The van der Waals surface area contributed by atoms with Gasteiger partial charge in [0.25, 0.3) is 0 Å². The molecule has 0 aromatic carbocycles. The maximum Gasteiger partial charge on any atom is 0.309 e. The molecule has 0 aliphatic heterocycles. The van der Waals surface area contributed by atoms with Crippen molar-refractivity contribution in [1.82, 2.24) is 0 Å². The van der Waals surface area contributed by atoms with Gasteiger partial charge in [0.15, 0.2) is 0 Å². The van der Waals surface area contributed by atoms with Crippen LogP contribution in [0.25, 0.3) is 0 Å². The maximum atomic E-state index is 12.3. The summed E-state index contributed by atoms with van der Waals surface area (Å²) >= 11 is 0. The molecule has 0 spiro atoms. The maximum absolute atomic E-state index is 12.3. The van der Waals surface area contributed by atoms with E-state index in [-0.39, 0.29) is 23.8 Å². The quantitative estimate of drug-likeness (QED) is 0.729. The van der Waals surface area contributed by atoms with Gasteiger partial charge in [-0.2, -0.15) is 0 Å². The van der Waals surface area contributed by atoms with E-state index in [1.165, 1.54) is 32.1 Å². The van der Waals surface area contributed by atoms with Gasteiger partial charge in [-0.3, -0.25) is 9.59 Å². The van der Waals surface area contributed by atoms with Crippen LogP contribution in [0.1, 0.15) is 64.7 Å². The Bertz CT molecular complexity index is 347. The fourth-order valence-electron chi connectivity index (χ4n) is 3.61. The van der Waals surface area contributed by atoms with Crippen molar-refractivity contribution in [2.75, 3.05) is 13.2 Å². The van der Waals surface area contributed by atoms with Gasteiger partial charge in [-0.1, -0.05) is 32.1 Å². The lowest BCUT2D eigenvalue weighted by atomic mass is 9.79. The van der Waals surface area contributed by atoms with Crippen LogP contribution in [0.5, 0.6) is 0 Å². The Hall–Kier alpha value is -1.06. The highest BCUT2D eigenvalue weighted by molar-refractivity contribution is 5.82. The molecule has 2 unspecified atom stereocenters. The highest BCUT2D eigenvalue weighted by Crippen LogP contribution is 2.32. The van der Waals surface area contributed by atoms with Gasteiger partial charge < -0.3 is 9.47 Å². The van der Waals surface area contributed by atoms with Gasteiger partial charge in [0.2, 0.25) is 0 Å². The molecule has 120 valence electrons. The third-order valence-corrected chi connectivity index (χ3v) is 4.84. The Labute approximate surface area is 127 Å². The zero-order valence-electron chi connectivity index (χ0n) is 13.1. The molecule has 0 aromatic rings. The molecule has 2 saturated carbocycles. The SMILES string of the molecule is CCOC(=O)C1CCCCC1C(=O)OCC1CCCCC1. The molecule has 2 atom stereocenters. The van der Waals surface area contributed by atoms with Gasteiger partial charge in [0, 0.05) is 0 Å². The van der Waals surface area contributed by atoms with Crippen molar-refractivity contribution in [3.05, 3.63) is 0 Å². The summed E-state index contributed by atoms with van der Waals surface area (Å²) in [6.45, 7) is 2.71. The average molecular weight is 296 g/mol. The molecule has 0 saturated heterocycles. The topological polar surface area (TPSA) is 52.6 Å². The van der Waals surface area contributed by atoms with E-state index in [2.05, 4.69) is 0 Å². The second kappa shape index (κ2) is 8.40. The molecule has 2 rings (SSSR count). The van der Waals surface area contributed by atoms with Crippen LogP contribution in [0.15, 0.2) is 0 Å². The average Bonchev–Trinajstić information content (AvgIpc) is 2.54. The summed E-state index contributed by atoms with van der Waals surface area (Å²) in [5.41, 5.74) is 0. The van der Waals surface area contributed by atoms with E-state index in [1.807, 2.05) is 0 Å². The highest BCUT2D eigenvalue weighted by atomic mass is 16.5. The molecule has 0 aromatic heterocycles. The molecule has 2 fully saturated rings. The summed E-state index contributed by atoms with van der Waals surface area (Å²) in [6.07, 6.45) is 9.63. The lowest BCUT2D eigenvalue weighted by molar-refractivity contribution is -0.163. The number of carbonyl (C=O) groups excluding carboxylic acids is 2. The van der Waals surface area contributed by atoms with Crippen LogP contribution in [0.4, 0.5) is 0 Å². The fraction of sp³-hybridized carbons (Fsp3) is 0.882. The van der Waals surface area contributed by atoms with Crippen molar-refractivity contribution in [3.63, 3.8) is 0 Å². The van der Waals surface area contributed by atoms with Gasteiger partial charge in [-0.15, -0.1) is 0 Å². The van der Waals surface area contributed by atoms with E-state index in [0.29, 0.717) is 19.1 Å². The molecule has 4 heteroatoms. The zero-order chi connectivity index (χ0) is 15.1. The summed E-state index contributed by atoms with van der Waals surface area (Å²) in [5.74, 6) is -0.471. The molecule has 21 heavy (non-hydrogen) atoms. The molecular formula is C17H28O4. The number of hydrogen-bond donors (Lipinski definition) is 0. The number of esters is 2. The molecule has 0 heterocycles. The zero-order valence-corrected chi connectivity index (χ0v) is 13.1. The lowest BCUT2D eigenvalue weighted by Crippen LogP contribution is -2.35. The third kappa shape index (κ3) is 4.72. The van der Waals surface area contributed by atoms with E-state index in [1.54, 1.807) is 6.92 Å². The van der Waals surface area contributed by atoms with E-state index < -0.39 is 0 Å². The first kappa shape index (κ1) is 16.3. The molecule has 0 bridgehead atoms. The van der Waals surface area contributed by atoms with Crippen LogP contribution in [-0.2, 0) is 19.1 Å². The van der Waals surface area contributed by atoms with Gasteiger partial charge in [0.05, 0.1) is 25.0 Å². The van der Waals surface area contributed by atoms with E-state index >= 15 is 0 Å². The summed E-state index contributed by atoms with van der Waals surface area (Å²) < 4.78 is 10.6. The second-order valence-electron chi connectivity index (χ2n) is 6.38. The standard InChI is InChI=1S/C17H28O4/c1-2-20-16(18)14-10-6-7-11-15(14)17(19)21-12-13-8-4-3-5-9-13/h13-15H,2-12H2,1H3. The molecule has 0 N–H and O–H groups in total. The van der Waals surface area contributed by atoms with E-state index in [0.717, 1.165) is 25.7 Å². The Morgan fingerprint density at radius 3 is 1.90 bits per heavy atom. The minimum atomic E-state index is -0.294. The Balaban J connectivity index is 1.84. The number of carbonyl (C=O) groups is 2. The van der Waals surface area contributed by atoms with Gasteiger partial charge in [-0.25, -0.2) is 0 Å². The first-order chi connectivity index (χ1) is 10.2. The van der Waals surface area contributed by atoms with Crippen molar-refractivity contribution in [2.24, 2.45) is 17.8 Å². The summed E-state index contributed by atoms with van der Waals surface area (Å²) in [5, 5.41) is 0. The Kier molecular flexibility index (Phi) is 6.52. The molecule has 0 radical (unpaired) electrons. The minimum absolute atomic E-state index is 0.182. The fourth-order valence-corrected chi connectivity index (χ4v) is 3.61. The van der Waals surface area contributed by atoms with Crippen molar-refractivity contribution in [3.8, 4) is 0 Å². The predicted molar refractivity (Wildman–Crippen MR) is 79.6 cm³/mol. The monoisotopic (exact) mass is 296 g/mol. The summed E-state index contributed by atoms with van der Waals surface area (Å²) in [4.78, 5) is 24.3. The van der Waals surface area contributed by atoms with Crippen LogP contribution >= 0.6 is 0 Å². The Morgan fingerprint density at radius 1 is 0.810 bits per heavy atom. The molecule has 4 nitrogen and oxygen atoms in total. The van der Waals surface area contributed by atoms with E-state index in [4.69, 9.17) is 9.47 Å². The van der Waals surface area contributed by atoms with Gasteiger partial charge in [0.1, 0.15) is 0 Å². The van der Waals surface area contributed by atoms with E-state index in [9.17, 15) is 9.59 Å². The second-order valence-corrected chi connectivity index (χ2v) is 6.38. The highest BCUT2D eigenvalue weighted by Gasteiger charge is 2.37. The number of hydrogen-bond acceptors (Lipinski definition) is 4. The Morgan fingerprint density at radius 2 is 1.33 bits per heavy atom. The first-order valence-electron chi connectivity index (χ1n) is 8.55. The van der Waals surface area contributed by atoms with Crippen LogP contribution in [0.2, 0.25) is 0 Å².